The van der Waals surface area contributed by atoms with E-state index in [9.17, 15) is 20.2 Å². The predicted molar refractivity (Wildman–Crippen MR) is 40.9 cm³/mol. The fraction of sp³-hybridized carbons (Fsp3) is 1.00. The van der Waals surface area contributed by atoms with E-state index >= 15 is 0 Å². The van der Waals surface area contributed by atoms with Crippen LogP contribution in [0.5, 0.6) is 0 Å². The summed E-state index contributed by atoms with van der Waals surface area (Å²) in [6.45, 7) is 2.91. The third kappa shape index (κ3) is 2.12. The highest BCUT2D eigenvalue weighted by atomic mass is 16.7. The molecule has 7 nitrogen and oxygen atoms in total. The molecule has 0 spiro atoms. The number of likely N-dealkylation sites (N-methyl/N-ethyl adjacent to an activating group) is 1. The van der Waals surface area contributed by atoms with Gasteiger partial charge in [-0.3, -0.25) is 20.2 Å². The molecule has 0 aliphatic carbocycles. The first-order valence-electron chi connectivity index (χ1n) is 3.45. The molecule has 0 aromatic rings. The molecule has 0 fully saturated rings. The van der Waals surface area contributed by atoms with Crippen molar-refractivity contribution in [3.05, 3.63) is 20.2 Å². The van der Waals surface area contributed by atoms with Gasteiger partial charge in [-0.2, -0.15) is 0 Å². The number of nitrogens with one attached hydrogen (secondary N) is 1. The van der Waals surface area contributed by atoms with E-state index in [0.29, 0.717) is 6.54 Å². The van der Waals surface area contributed by atoms with Gasteiger partial charge in [-0.25, -0.2) is 0 Å². The first-order chi connectivity index (χ1) is 5.45. The van der Waals surface area contributed by atoms with Crippen molar-refractivity contribution in [2.45, 2.75) is 19.5 Å². The van der Waals surface area contributed by atoms with Gasteiger partial charge in [0.1, 0.15) is 6.54 Å². The second-order valence-corrected chi connectivity index (χ2v) is 2.51. The Morgan fingerprint density at radius 2 is 1.75 bits per heavy atom. The Balaban J connectivity index is 4.40. The molecule has 0 saturated heterocycles. The minimum atomic E-state index is -2.12. The topological polar surface area (TPSA) is 98.3 Å². The summed E-state index contributed by atoms with van der Waals surface area (Å²) in [6.07, 6.45) is 0. The molecule has 12 heavy (non-hydrogen) atoms. The Morgan fingerprint density at radius 3 is 2.00 bits per heavy atom. The van der Waals surface area contributed by atoms with Crippen molar-refractivity contribution in [2.75, 3.05) is 13.1 Å². The molecule has 70 valence electrons. The van der Waals surface area contributed by atoms with Gasteiger partial charge in [0.15, 0.2) is 0 Å². The highest BCUT2D eigenvalue weighted by Gasteiger charge is 2.49. The van der Waals surface area contributed by atoms with Crippen LogP contribution in [0.1, 0.15) is 13.8 Å². The monoisotopic (exact) mass is 177 g/mol. The first kappa shape index (κ1) is 10.8. The highest BCUT2D eigenvalue weighted by Crippen LogP contribution is 2.07. The Morgan fingerprint density at radius 1 is 1.33 bits per heavy atom. The largest absolute Gasteiger partial charge is 0.467 e. The molecular weight excluding hydrogens is 166 g/mol. The lowest BCUT2D eigenvalue weighted by Crippen LogP contribution is -2.51. The Labute approximate surface area is 69.1 Å². The van der Waals surface area contributed by atoms with Crippen molar-refractivity contribution in [3.8, 4) is 0 Å². The van der Waals surface area contributed by atoms with Crippen molar-refractivity contribution in [2.24, 2.45) is 0 Å². The van der Waals surface area contributed by atoms with Crippen molar-refractivity contribution in [1.29, 1.82) is 0 Å². The molecule has 0 bridgehead atoms. The quantitative estimate of drug-likeness (QED) is 0.358. The van der Waals surface area contributed by atoms with Crippen LogP contribution in [-0.2, 0) is 0 Å². The zero-order valence-corrected chi connectivity index (χ0v) is 6.94. The van der Waals surface area contributed by atoms with Gasteiger partial charge in [0, 0.05) is 0 Å². The maximum absolute atomic E-state index is 10.3. The third-order valence-corrected chi connectivity index (χ3v) is 1.50. The molecule has 0 aromatic carbocycles. The maximum atomic E-state index is 10.3. The molecule has 0 aliphatic heterocycles. The molecule has 0 unspecified atom stereocenters. The van der Waals surface area contributed by atoms with E-state index in [1.807, 2.05) is 0 Å². The van der Waals surface area contributed by atoms with Crippen LogP contribution in [-0.4, -0.2) is 28.6 Å². The fourth-order valence-electron chi connectivity index (χ4n) is 0.558. The summed E-state index contributed by atoms with van der Waals surface area (Å²) in [5.74, 6) is 0. The summed E-state index contributed by atoms with van der Waals surface area (Å²) >= 11 is 0. The van der Waals surface area contributed by atoms with E-state index in [4.69, 9.17) is 0 Å². The normalized spacial score (nSPS) is 11.2. The molecule has 0 heterocycles. The number of hydrogen-bond donors (Lipinski definition) is 1. The standard InChI is InChI=1S/C5H11N3O4/c1-3-6-4-5(2,7(9)10)8(11)12/h6H,3-4H2,1-2H3. The van der Waals surface area contributed by atoms with Crippen LogP contribution < -0.4 is 5.32 Å². The Bertz CT molecular complexity index is 179. The SMILES string of the molecule is CCNCC(C)([N+](=O)[O-])[N+](=O)[O-]. The van der Waals surface area contributed by atoms with Crippen LogP contribution >= 0.6 is 0 Å². The first-order valence-corrected chi connectivity index (χ1v) is 3.45. The minimum absolute atomic E-state index is 0.260. The number of hydrogen-bond acceptors (Lipinski definition) is 5. The average molecular weight is 177 g/mol. The van der Waals surface area contributed by atoms with Gasteiger partial charge in [-0.05, 0) is 6.54 Å². The molecule has 0 atom stereocenters. The summed E-state index contributed by atoms with van der Waals surface area (Å²) in [5.41, 5.74) is -2.12. The second kappa shape index (κ2) is 3.96. The van der Waals surface area contributed by atoms with E-state index < -0.39 is 15.5 Å². The average Bonchev–Trinajstić information content (AvgIpc) is 1.99. The molecule has 0 aromatic heterocycles. The van der Waals surface area contributed by atoms with Crippen molar-refractivity contribution >= 4 is 0 Å². The van der Waals surface area contributed by atoms with Gasteiger partial charge < -0.3 is 5.32 Å². The molecular formula is C5H11N3O4. The van der Waals surface area contributed by atoms with Crippen molar-refractivity contribution in [3.63, 3.8) is 0 Å². The van der Waals surface area contributed by atoms with E-state index in [0.717, 1.165) is 6.92 Å². The molecule has 0 rings (SSSR count). The summed E-state index contributed by atoms with van der Waals surface area (Å²) in [7, 11) is 0. The van der Waals surface area contributed by atoms with E-state index in [1.54, 1.807) is 6.92 Å². The highest BCUT2D eigenvalue weighted by molar-refractivity contribution is 4.62. The molecule has 0 amide bonds. The van der Waals surface area contributed by atoms with E-state index in [2.05, 4.69) is 5.32 Å². The smallest absolute Gasteiger partial charge is 0.304 e. The Hall–Kier alpha value is -1.24. The zero-order valence-electron chi connectivity index (χ0n) is 6.94. The lowest BCUT2D eigenvalue weighted by Gasteiger charge is -2.11. The van der Waals surface area contributed by atoms with Crippen LogP contribution in [0.25, 0.3) is 0 Å². The van der Waals surface area contributed by atoms with Crippen LogP contribution in [0.3, 0.4) is 0 Å². The van der Waals surface area contributed by atoms with Crippen LogP contribution in [0, 0.1) is 20.2 Å². The summed E-state index contributed by atoms with van der Waals surface area (Å²) in [5, 5.41) is 23.2. The molecule has 0 saturated carbocycles. The summed E-state index contributed by atoms with van der Waals surface area (Å²) in [6, 6.07) is 0. The molecule has 1 N–H and O–H groups in total. The van der Waals surface area contributed by atoms with Gasteiger partial charge in [0.25, 0.3) is 0 Å². The summed E-state index contributed by atoms with van der Waals surface area (Å²) < 4.78 is 0. The van der Waals surface area contributed by atoms with E-state index in [-0.39, 0.29) is 6.54 Å². The number of nitro groups is 2. The minimum Gasteiger partial charge on any atom is -0.304 e. The predicted octanol–water partition coefficient (Wildman–Crippen LogP) is -0.134. The summed E-state index contributed by atoms with van der Waals surface area (Å²) in [4.78, 5) is 18.8. The number of rotatable bonds is 5. The lowest BCUT2D eigenvalue weighted by atomic mass is 10.2. The van der Waals surface area contributed by atoms with Gasteiger partial charge >= 0.3 is 5.66 Å². The van der Waals surface area contributed by atoms with Gasteiger partial charge in [-0.1, -0.05) is 6.92 Å². The fourth-order valence-corrected chi connectivity index (χ4v) is 0.558. The second-order valence-electron chi connectivity index (χ2n) is 2.51. The van der Waals surface area contributed by atoms with Crippen LogP contribution in [0.2, 0.25) is 0 Å². The van der Waals surface area contributed by atoms with Crippen LogP contribution in [0.15, 0.2) is 0 Å². The van der Waals surface area contributed by atoms with Gasteiger partial charge in [0.2, 0.25) is 0 Å². The molecule has 0 aliphatic rings. The van der Waals surface area contributed by atoms with Crippen molar-refractivity contribution in [1.82, 2.24) is 5.32 Å². The molecule has 7 heteroatoms. The zero-order chi connectivity index (χ0) is 9.78. The maximum Gasteiger partial charge on any atom is 0.467 e. The van der Waals surface area contributed by atoms with Crippen LogP contribution in [0.4, 0.5) is 0 Å². The van der Waals surface area contributed by atoms with Gasteiger partial charge in [-0.15, -0.1) is 0 Å². The molecule has 0 radical (unpaired) electrons. The van der Waals surface area contributed by atoms with E-state index in [1.165, 1.54) is 0 Å². The lowest BCUT2D eigenvalue weighted by molar-refractivity contribution is -0.789. The third-order valence-electron chi connectivity index (χ3n) is 1.50. The van der Waals surface area contributed by atoms with Crippen molar-refractivity contribution < 1.29 is 9.85 Å². The Kier molecular flexibility index (Phi) is 3.55. The van der Waals surface area contributed by atoms with Gasteiger partial charge in [0.05, 0.1) is 16.8 Å². The number of nitrogens with zero attached hydrogens (tertiary/aromatic N) is 2.